The molecule has 0 spiro atoms. The second-order valence-electron chi connectivity index (χ2n) is 3.93. The Morgan fingerprint density at radius 1 is 1.05 bits per heavy atom. The number of hydrogen-bond donors (Lipinski definition) is 0. The summed E-state index contributed by atoms with van der Waals surface area (Å²) in [4.78, 5) is 0. The Hall–Kier alpha value is -1.24. The molecule has 0 saturated heterocycles. The van der Waals surface area contributed by atoms with Gasteiger partial charge in [-0.25, -0.2) is 8.42 Å². The van der Waals surface area contributed by atoms with Crippen molar-refractivity contribution in [2.45, 2.75) is 13.1 Å². The fourth-order valence-corrected chi connectivity index (χ4v) is 3.32. The Labute approximate surface area is 116 Å². The molecule has 0 aliphatic heterocycles. The third-order valence-electron chi connectivity index (χ3n) is 2.55. The smallest absolute Gasteiger partial charge is 0.216 e. The highest BCUT2D eigenvalue weighted by atomic mass is 35.5. The van der Waals surface area contributed by atoms with Crippen LogP contribution in [0.3, 0.4) is 0 Å². The van der Waals surface area contributed by atoms with E-state index in [0.717, 1.165) is 0 Å². The second kappa shape index (κ2) is 6.27. The molecule has 0 amide bonds. The van der Waals surface area contributed by atoms with E-state index in [0.29, 0.717) is 11.5 Å². The monoisotopic (exact) mass is 303 g/mol. The summed E-state index contributed by atoms with van der Waals surface area (Å²) in [6, 6.07) is 6.89. The molecule has 0 atom stereocenters. The lowest BCUT2D eigenvalue weighted by atomic mass is 10.4. The van der Waals surface area contributed by atoms with Gasteiger partial charge in [0.1, 0.15) is 11.5 Å². The van der Waals surface area contributed by atoms with Gasteiger partial charge in [-0.05, 0) is 24.3 Å². The maximum absolute atomic E-state index is 12.1. The van der Waals surface area contributed by atoms with Gasteiger partial charge in [0, 0.05) is 5.88 Å². The molecule has 2 aromatic rings. The van der Waals surface area contributed by atoms with Crippen molar-refractivity contribution < 1.29 is 17.3 Å². The molecule has 0 fully saturated rings. The number of nitrogens with zero attached hydrogens (tertiary/aromatic N) is 1. The maximum Gasteiger partial charge on any atom is 0.216 e. The van der Waals surface area contributed by atoms with E-state index < -0.39 is 10.0 Å². The SMILES string of the molecule is O=S(=O)(CCCl)N(Cc1ccco1)Cc1ccco1. The van der Waals surface area contributed by atoms with Crippen LogP contribution in [0.5, 0.6) is 0 Å². The van der Waals surface area contributed by atoms with E-state index in [1.165, 1.54) is 16.8 Å². The normalized spacial score (nSPS) is 12.1. The number of furan rings is 2. The van der Waals surface area contributed by atoms with Crippen molar-refractivity contribution in [2.75, 3.05) is 11.6 Å². The standard InChI is InChI=1S/C12H14ClNO4S/c13-5-8-19(15,16)14(9-11-3-1-6-17-11)10-12-4-2-7-18-12/h1-4,6-7H,5,8-10H2. The second-order valence-corrected chi connectivity index (χ2v) is 6.40. The fourth-order valence-electron chi connectivity index (χ4n) is 1.63. The molecule has 7 heteroatoms. The third-order valence-corrected chi connectivity index (χ3v) is 4.73. The minimum Gasteiger partial charge on any atom is -0.468 e. The predicted octanol–water partition coefficient (Wildman–Crippen LogP) is 2.44. The molecule has 2 aromatic heterocycles. The van der Waals surface area contributed by atoms with Gasteiger partial charge in [-0.3, -0.25) is 0 Å². The lowest BCUT2D eigenvalue weighted by Crippen LogP contribution is -2.32. The van der Waals surface area contributed by atoms with Gasteiger partial charge >= 0.3 is 0 Å². The molecule has 0 radical (unpaired) electrons. The molecule has 2 heterocycles. The molecule has 0 unspecified atom stereocenters. The van der Waals surface area contributed by atoms with Crippen molar-refractivity contribution in [1.82, 2.24) is 4.31 Å². The van der Waals surface area contributed by atoms with Gasteiger partial charge in [-0.2, -0.15) is 4.31 Å². The molecule has 0 aromatic carbocycles. The molecule has 0 N–H and O–H groups in total. The molecule has 19 heavy (non-hydrogen) atoms. The molecule has 104 valence electrons. The van der Waals surface area contributed by atoms with Crippen LogP contribution < -0.4 is 0 Å². The van der Waals surface area contributed by atoms with E-state index >= 15 is 0 Å². The Bertz CT molecular complexity index is 541. The zero-order chi connectivity index (χ0) is 13.7. The van der Waals surface area contributed by atoms with Crippen LogP contribution in [0.2, 0.25) is 0 Å². The van der Waals surface area contributed by atoms with Crippen molar-refractivity contribution in [3.05, 3.63) is 48.3 Å². The van der Waals surface area contributed by atoms with Crippen LogP contribution in [-0.2, 0) is 23.1 Å². The van der Waals surface area contributed by atoms with E-state index in [1.807, 2.05) is 0 Å². The van der Waals surface area contributed by atoms with Gasteiger partial charge < -0.3 is 8.83 Å². The van der Waals surface area contributed by atoms with Crippen LogP contribution in [0, 0.1) is 0 Å². The first-order valence-corrected chi connectivity index (χ1v) is 7.85. The Balaban J connectivity index is 2.17. The van der Waals surface area contributed by atoms with Crippen molar-refractivity contribution in [3.63, 3.8) is 0 Å². The molecule has 0 saturated carbocycles. The van der Waals surface area contributed by atoms with Crippen LogP contribution in [-0.4, -0.2) is 24.4 Å². The van der Waals surface area contributed by atoms with Crippen molar-refractivity contribution in [3.8, 4) is 0 Å². The van der Waals surface area contributed by atoms with E-state index in [-0.39, 0.29) is 24.7 Å². The van der Waals surface area contributed by atoms with Crippen molar-refractivity contribution in [1.29, 1.82) is 0 Å². The van der Waals surface area contributed by atoms with E-state index in [4.69, 9.17) is 20.4 Å². The molecule has 0 bridgehead atoms. The summed E-state index contributed by atoms with van der Waals surface area (Å²) in [5.74, 6) is 1.08. The molecular weight excluding hydrogens is 290 g/mol. The van der Waals surface area contributed by atoms with Gasteiger partial charge in [0.05, 0.1) is 31.4 Å². The molecular formula is C12H14ClNO4S. The number of alkyl halides is 1. The average Bonchev–Trinajstić information content (AvgIpc) is 3.00. The molecule has 5 nitrogen and oxygen atoms in total. The van der Waals surface area contributed by atoms with Crippen LogP contribution in [0.25, 0.3) is 0 Å². The predicted molar refractivity (Wildman–Crippen MR) is 71.2 cm³/mol. The Morgan fingerprint density at radius 3 is 1.95 bits per heavy atom. The zero-order valence-corrected chi connectivity index (χ0v) is 11.7. The zero-order valence-electron chi connectivity index (χ0n) is 10.2. The van der Waals surface area contributed by atoms with Gasteiger partial charge in [-0.1, -0.05) is 0 Å². The van der Waals surface area contributed by atoms with Gasteiger partial charge in [-0.15, -0.1) is 11.6 Å². The van der Waals surface area contributed by atoms with Crippen LogP contribution in [0.1, 0.15) is 11.5 Å². The lowest BCUT2D eigenvalue weighted by molar-refractivity contribution is 0.331. The fraction of sp³-hybridized carbons (Fsp3) is 0.333. The highest BCUT2D eigenvalue weighted by molar-refractivity contribution is 7.89. The molecule has 0 aliphatic rings. The van der Waals surface area contributed by atoms with Gasteiger partial charge in [0.2, 0.25) is 10.0 Å². The Kier molecular flexibility index (Phi) is 4.68. The summed E-state index contributed by atoms with van der Waals surface area (Å²) in [5, 5.41) is 0. The van der Waals surface area contributed by atoms with Gasteiger partial charge in [0.15, 0.2) is 0 Å². The van der Waals surface area contributed by atoms with E-state index in [1.54, 1.807) is 24.3 Å². The maximum atomic E-state index is 12.1. The quantitative estimate of drug-likeness (QED) is 0.737. The minimum atomic E-state index is -3.44. The summed E-state index contributed by atoms with van der Waals surface area (Å²) in [5.41, 5.74) is 0. The first kappa shape index (κ1) is 14.2. The lowest BCUT2D eigenvalue weighted by Gasteiger charge is -2.19. The largest absolute Gasteiger partial charge is 0.468 e. The van der Waals surface area contributed by atoms with Crippen LogP contribution in [0.4, 0.5) is 0 Å². The molecule has 2 rings (SSSR count). The highest BCUT2D eigenvalue weighted by Crippen LogP contribution is 2.15. The highest BCUT2D eigenvalue weighted by Gasteiger charge is 2.23. The first-order valence-electron chi connectivity index (χ1n) is 5.70. The van der Waals surface area contributed by atoms with Gasteiger partial charge in [0.25, 0.3) is 0 Å². The summed E-state index contributed by atoms with van der Waals surface area (Å²) in [6.45, 7) is 0.319. The topological polar surface area (TPSA) is 63.7 Å². The first-order chi connectivity index (χ1) is 9.12. The van der Waals surface area contributed by atoms with E-state index in [9.17, 15) is 8.42 Å². The summed E-state index contributed by atoms with van der Waals surface area (Å²) in [6.07, 6.45) is 3.02. The summed E-state index contributed by atoms with van der Waals surface area (Å²) < 4.78 is 36.0. The number of halogens is 1. The van der Waals surface area contributed by atoms with Crippen molar-refractivity contribution >= 4 is 21.6 Å². The molecule has 0 aliphatic carbocycles. The Morgan fingerprint density at radius 2 is 1.58 bits per heavy atom. The van der Waals surface area contributed by atoms with Crippen LogP contribution >= 0.6 is 11.6 Å². The number of hydrogen-bond acceptors (Lipinski definition) is 4. The number of sulfonamides is 1. The average molecular weight is 304 g/mol. The van der Waals surface area contributed by atoms with Crippen molar-refractivity contribution in [2.24, 2.45) is 0 Å². The number of rotatable bonds is 7. The van der Waals surface area contributed by atoms with Crippen LogP contribution in [0.15, 0.2) is 45.6 Å². The summed E-state index contributed by atoms with van der Waals surface area (Å²) in [7, 11) is -3.44. The minimum absolute atomic E-state index is 0.0507. The van der Waals surface area contributed by atoms with E-state index in [2.05, 4.69) is 0 Å². The third kappa shape index (κ3) is 3.86. The summed E-state index contributed by atoms with van der Waals surface area (Å²) >= 11 is 5.54.